The maximum atomic E-state index is 12.6. The monoisotopic (exact) mass is 356 g/mol. The van der Waals surface area contributed by atoms with Gasteiger partial charge in [0.25, 0.3) is 0 Å². The zero-order valence-electron chi connectivity index (χ0n) is 13.8. The molecule has 0 amide bonds. The number of hydrogen-bond acceptors (Lipinski definition) is 7. The second-order valence-corrected chi connectivity index (χ2v) is 5.97. The van der Waals surface area contributed by atoms with Crippen molar-refractivity contribution in [3.63, 3.8) is 0 Å². The lowest BCUT2D eigenvalue weighted by molar-refractivity contribution is -0.142. The number of aromatic nitrogens is 2. The van der Waals surface area contributed by atoms with Crippen LogP contribution in [0, 0.1) is 0 Å². The molecule has 7 heteroatoms. The first-order valence-corrected chi connectivity index (χ1v) is 8.32. The molecule has 0 radical (unpaired) electrons. The Bertz CT molecular complexity index is 905. The molecule has 0 aliphatic rings. The molecule has 0 aliphatic carbocycles. The first-order chi connectivity index (χ1) is 12.1. The van der Waals surface area contributed by atoms with Gasteiger partial charge in [0.1, 0.15) is 16.8 Å². The van der Waals surface area contributed by atoms with E-state index in [-0.39, 0.29) is 12.2 Å². The number of Topliss-reactive ketones (excluding diaryl/α,β-unsaturated/α-hetero) is 1. The third-order valence-electron chi connectivity index (χ3n) is 3.97. The Kier molecular flexibility index (Phi) is 5.04. The normalized spacial score (nSPS) is 11.9. The van der Waals surface area contributed by atoms with Gasteiger partial charge in [-0.3, -0.25) is 9.59 Å². The van der Waals surface area contributed by atoms with Crippen molar-refractivity contribution >= 4 is 34.5 Å². The second kappa shape index (κ2) is 7.40. The van der Waals surface area contributed by atoms with Gasteiger partial charge in [0.05, 0.1) is 31.9 Å². The lowest BCUT2D eigenvalue weighted by atomic mass is 9.91. The summed E-state index contributed by atoms with van der Waals surface area (Å²) in [6, 6.07) is 12.2. The van der Waals surface area contributed by atoms with E-state index in [1.54, 1.807) is 49.6 Å². The predicted octanol–water partition coefficient (Wildman–Crippen LogP) is 3.23. The second-order valence-electron chi connectivity index (χ2n) is 5.44. The fraction of sp³-hybridized carbons (Fsp3) is 0.222. The summed E-state index contributed by atoms with van der Waals surface area (Å²) in [7, 11) is 2.88. The minimum atomic E-state index is -0.689. The Balaban J connectivity index is 1.87. The molecule has 1 aromatic heterocycles. The van der Waals surface area contributed by atoms with Crippen LogP contribution in [0.25, 0.3) is 11.0 Å². The van der Waals surface area contributed by atoms with Crippen LogP contribution in [0.4, 0.5) is 0 Å². The van der Waals surface area contributed by atoms with Crippen molar-refractivity contribution in [3.05, 3.63) is 53.6 Å². The maximum absolute atomic E-state index is 12.6. The maximum Gasteiger partial charge on any atom is 0.313 e. The van der Waals surface area contributed by atoms with E-state index in [4.69, 9.17) is 9.47 Å². The molecule has 6 nitrogen and oxygen atoms in total. The summed E-state index contributed by atoms with van der Waals surface area (Å²) in [5.41, 5.74) is 2.67. The molecule has 0 aliphatic heterocycles. The summed E-state index contributed by atoms with van der Waals surface area (Å²) in [5, 5.41) is 0. The first kappa shape index (κ1) is 17.0. The average molecular weight is 356 g/mol. The fourth-order valence-electron chi connectivity index (χ4n) is 2.58. The summed E-state index contributed by atoms with van der Waals surface area (Å²) in [4.78, 5) is 24.8. The number of benzene rings is 2. The third-order valence-corrected chi connectivity index (χ3v) is 4.52. The third kappa shape index (κ3) is 3.66. The molecule has 0 bridgehead atoms. The molecule has 0 spiro atoms. The number of hydrogen-bond donors (Lipinski definition) is 0. The van der Waals surface area contributed by atoms with Gasteiger partial charge in [-0.1, -0.05) is 6.07 Å². The molecule has 1 unspecified atom stereocenters. The molecular weight excluding hydrogens is 340 g/mol. The Hall–Kier alpha value is -2.80. The summed E-state index contributed by atoms with van der Waals surface area (Å²) in [6.45, 7) is 0. The van der Waals surface area contributed by atoms with Gasteiger partial charge in [-0.15, -0.1) is 0 Å². The molecule has 3 rings (SSSR count). The number of ether oxygens (including phenoxy) is 2. The number of carbonyl (C=O) groups is 2. The molecule has 0 N–H and O–H groups in total. The number of carbonyl (C=O) groups excluding carboxylic acids is 2. The SMILES string of the molecule is COC(=O)C(CC(=O)c1ccc(OC)cc1)c1ccc2nsnc2c1. The Labute approximate surface area is 148 Å². The van der Waals surface area contributed by atoms with Gasteiger partial charge in [0.2, 0.25) is 0 Å². The van der Waals surface area contributed by atoms with Crippen molar-refractivity contribution in [2.45, 2.75) is 12.3 Å². The minimum Gasteiger partial charge on any atom is -0.497 e. The van der Waals surface area contributed by atoms with Crippen molar-refractivity contribution in [3.8, 4) is 5.75 Å². The van der Waals surface area contributed by atoms with E-state index in [9.17, 15) is 9.59 Å². The van der Waals surface area contributed by atoms with Crippen molar-refractivity contribution < 1.29 is 19.1 Å². The van der Waals surface area contributed by atoms with Crippen LogP contribution in [0.15, 0.2) is 42.5 Å². The van der Waals surface area contributed by atoms with E-state index < -0.39 is 11.9 Å². The number of methoxy groups -OCH3 is 2. The molecule has 128 valence electrons. The lowest BCUT2D eigenvalue weighted by Gasteiger charge is -2.14. The topological polar surface area (TPSA) is 78.4 Å². The summed E-state index contributed by atoms with van der Waals surface area (Å²) in [5.74, 6) is -0.618. The van der Waals surface area contributed by atoms with Gasteiger partial charge in [0.15, 0.2) is 5.78 Å². The van der Waals surface area contributed by atoms with Crippen LogP contribution >= 0.6 is 11.7 Å². The minimum absolute atomic E-state index is 0.0159. The van der Waals surface area contributed by atoms with E-state index in [1.165, 1.54) is 7.11 Å². The molecule has 0 saturated carbocycles. The van der Waals surface area contributed by atoms with Crippen molar-refractivity contribution in [2.75, 3.05) is 14.2 Å². The lowest BCUT2D eigenvalue weighted by Crippen LogP contribution is -2.18. The van der Waals surface area contributed by atoms with Crippen LogP contribution in [-0.2, 0) is 9.53 Å². The van der Waals surface area contributed by atoms with Crippen LogP contribution in [0.5, 0.6) is 5.75 Å². The Morgan fingerprint density at radius 2 is 1.76 bits per heavy atom. The van der Waals surface area contributed by atoms with Gasteiger partial charge >= 0.3 is 5.97 Å². The van der Waals surface area contributed by atoms with Gasteiger partial charge < -0.3 is 9.47 Å². The molecule has 0 saturated heterocycles. The zero-order chi connectivity index (χ0) is 17.8. The van der Waals surface area contributed by atoms with Crippen LogP contribution < -0.4 is 4.74 Å². The molecule has 1 atom stereocenters. The van der Waals surface area contributed by atoms with Crippen LogP contribution in [-0.4, -0.2) is 34.7 Å². The van der Waals surface area contributed by atoms with Gasteiger partial charge in [-0.25, -0.2) is 0 Å². The summed E-state index contributed by atoms with van der Waals surface area (Å²) < 4.78 is 18.3. The standard InChI is InChI=1S/C18H16N2O4S/c1-23-13-6-3-11(4-7-13)17(21)10-14(18(22)24-2)12-5-8-15-16(9-12)20-25-19-15/h3-9,14H,10H2,1-2H3. The van der Waals surface area contributed by atoms with Gasteiger partial charge in [-0.2, -0.15) is 8.75 Å². The van der Waals surface area contributed by atoms with Crippen LogP contribution in [0.2, 0.25) is 0 Å². The largest absolute Gasteiger partial charge is 0.497 e. The number of ketones is 1. The van der Waals surface area contributed by atoms with E-state index in [1.807, 2.05) is 0 Å². The smallest absolute Gasteiger partial charge is 0.313 e. The van der Waals surface area contributed by atoms with Crippen LogP contribution in [0.3, 0.4) is 0 Å². The highest BCUT2D eigenvalue weighted by Gasteiger charge is 2.26. The number of fused-ring (bicyclic) bond motifs is 1. The molecule has 3 aromatic rings. The highest BCUT2D eigenvalue weighted by molar-refractivity contribution is 7.00. The van der Waals surface area contributed by atoms with Gasteiger partial charge in [-0.05, 0) is 42.0 Å². The zero-order valence-corrected chi connectivity index (χ0v) is 14.6. The number of nitrogens with zero attached hydrogens (tertiary/aromatic N) is 2. The number of esters is 1. The van der Waals surface area contributed by atoms with E-state index >= 15 is 0 Å². The Morgan fingerprint density at radius 1 is 1.04 bits per heavy atom. The van der Waals surface area contributed by atoms with Crippen molar-refractivity contribution in [1.29, 1.82) is 0 Å². The van der Waals surface area contributed by atoms with Gasteiger partial charge in [0, 0.05) is 12.0 Å². The summed E-state index contributed by atoms with van der Waals surface area (Å²) in [6.07, 6.45) is 0.0159. The molecule has 25 heavy (non-hydrogen) atoms. The molecule has 1 heterocycles. The first-order valence-electron chi connectivity index (χ1n) is 7.59. The van der Waals surface area contributed by atoms with Crippen LogP contribution in [0.1, 0.15) is 28.3 Å². The fourth-order valence-corrected chi connectivity index (χ4v) is 3.09. The van der Waals surface area contributed by atoms with E-state index in [0.717, 1.165) is 17.2 Å². The molecule has 2 aromatic carbocycles. The average Bonchev–Trinajstić information content (AvgIpc) is 3.13. The Morgan fingerprint density at radius 3 is 2.44 bits per heavy atom. The number of rotatable bonds is 6. The predicted molar refractivity (Wildman–Crippen MR) is 94.1 cm³/mol. The van der Waals surface area contributed by atoms with E-state index in [2.05, 4.69) is 8.75 Å². The highest BCUT2D eigenvalue weighted by atomic mass is 32.1. The molecule has 0 fully saturated rings. The van der Waals surface area contributed by atoms with E-state index in [0.29, 0.717) is 22.4 Å². The highest BCUT2D eigenvalue weighted by Crippen LogP contribution is 2.26. The van der Waals surface area contributed by atoms with Crippen molar-refractivity contribution in [2.24, 2.45) is 0 Å². The molecular formula is C18H16N2O4S. The summed E-state index contributed by atoms with van der Waals surface area (Å²) >= 11 is 1.11. The van der Waals surface area contributed by atoms with Crippen molar-refractivity contribution in [1.82, 2.24) is 8.75 Å². The quantitative estimate of drug-likeness (QED) is 0.498.